The van der Waals surface area contributed by atoms with Crippen molar-refractivity contribution in [2.24, 2.45) is 0 Å². The lowest BCUT2D eigenvalue weighted by molar-refractivity contribution is 0.102. The number of carbonyl (C=O) groups excluding carboxylic acids is 1. The van der Waals surface area contributed by atoms with Gasteiger partial charge in [-0.2, -0.15) is 5.10 Å². The zero-order chi connectivity index (χ0) is 18.0. The standard InChI is InChI=1S/C19H20N4O2/c1-12-10-13(2)23(22-12)18-9-6-15(11-17(18)20)21-19(24)14-4-7-16(25-3)8-5-14/h4-11H,20H2,1-3H3,(H,21,24). The van der Waals surface area contributed by atoms with E-state index in [9.17, 15) is 4.79 Å². The molecule has 128 valence electrons. The number of nitrogens with two attached hydrogens (primary N) is 1. The third kappa shape index (κ3) is 3.47. The Balaban J connectivity index is 1.80. The van der Waals surface area contributed by atoms with Gasteiger partial charge < -0.3 is 15.8 Å². The van der Waals surface area contributed by atoms with Crippen LogP contribution in [0.25, 0.3) is 5.69 Å². The van der Waals surface area contributed by atoms with Gasteiger partial charge in [0.05, 0.1) is 24.2 Å². The lowest BCUT2D eigenvalue weighted by atomic mass is 10.2. The van der Waals surface area contributed by atoms with E-state index in [1.807, 2.05) is 32.0 Å². The van der Waals surface area contributed by atoms with Crippen LogP contribution >= 0.6 is 0 Å². The molecule has 3 aromatic rings. The number of amides is 1. The normalized spacial score (nSPS) is 10.5. The van der Waals surface area contributed by atoms with Crippen LogP contribution in [-0.4, -0.2) is 22.8 Å². The van der Waals surface area contributed by atoms with Gasteiger partial charge in [-0.3, -0.25) is 4.79 Å². The van der Waals surface area contributed by atoms with Crippen molar-refractivity contribution < 1.29 is 9.53 Å². The molecule has 0 atom stereocenters. The number of aryl methyl sites for hydroxylation is 2. The number of methoxy groups -OCH3 is 1. The largest absolute Gasteiger partial charge is 0.497 e. The number of hydrogen-bond donors (Lipinski definition) is 2. The van der Waals surface area contributed by atoms with Gasteiger partial charge in [-0.15, -0.1) is 0 Å². The molecule has 1 amide bonds. The van der Waals surface area contributed by atoms with E-state index in [0.717, 1.165) is 17.1 Å². The summed E-state index contributed by atoms with van der Waals surface area (Å²) in [5.41, 5.74) is 10.6. The van der Waals surface area contributed by atoms with Crippen LogP contribution in [0, 0.1) is 13.8 Å². The molecule has 0 aliphatic rings. The molecule has 0 aliphatic heterocycles. The summed E-state index contributed by atoms with van der Waals surface area (Å²) in [4.78, 5) is 12.3. The first-order valence-corrected chi connectivity index (χ1v) is 7.86. The average Bonchev–Trinajstić information content (AvgIpc) is 2.93. The summed E-state index contributed by atoms with van der Waals surface area (Å²) in [6.07, 6.45) is 0. The van der Waals surface area contributed by atoms with Crippen molar-refractivity contribution in [3.63, 3.8) is 0 Å². The molecular formula is C19H20N4O2. The van der Waals surface area contributed by atoms with Crippen LogP contribution in [0.2, 0.25) is 0 Å². The third-order valence-electron chi connectivity index (χ3n) is 3.88. The summed E-state index contributed by atoms with van der Waals surface area (Å²) in [6, 6.07) is 14.3. The first-order valence-electron chi connectivity index (χ1n) is 7.86. The SMILES string of the molecule is COc1ccc(C(=O)Nc2ccc(-n3nc(C)cc3C)c(N)c2)cc1. The van der Waals surface area contributed by atoms with E-state index in [0.29, 0.717) is 22.7 Å². The maximum atomic E-state index is 12.3. The van der Waals surface area contributed by atoms with E-state index in [-0.39, 0.29) is 5.91 Å². The lowest BCUT2D eigenvalue weighted by Gasteiger charge is -2.11. The highest BCUT2D eigenvalue weighted by molar-refractivity contribution is 6.04. The van der Waals surface area contributed by atoms with E-state index in [4.69, 9.17) is 10.5 Å². The highest BCUT2D eigenvalue weighted by Gasteiger charge is 2.10. The monoisotopic (exact) mass is 336 g/mol. The van der Waals surface area contributed by atoms with Crippen molar-refractivity contribution in [1.82, 2.24) is 9.78 Å². The van der Waals surface area contributed by atoms with Crippen molar-refractivity contribution in [3.05, 3.63) is 65.5 Å². The number of nitrogens with one attached hydrogen (secondary N) is 1. The molecule has 0 saturated heterocycles. The second kappa shape index (κ2) is 6.68. The molecule has 6 nitrogen and oxygen atoms in total. The summed E-state index contributed by atoms with van der Waals surface area (Å²) >= 11 is 0. The molecular weight excluding hydrogens is 316 g/mol. The smallest absolute Gasteiger partial charge is 0.255 e. The summed E-state index contributed by atoms with van der Waals surface area (Å²) in [7, 11) is 1.59. The maximum Gasteiger partial charge on any atom is 0.255 e. The molecule has 25 heavy (non-hydrogen) atoms. The molecule has 1 heterocycles. The molecule has 0 unspecified atom stereocenters. The van der Waals surface area contributed by atoms with E-state index < -0.39 is 0 Å². The van der Waals surface area contributed by atoms with Crippen LogP contribution in [0.3, 0.4) is 0 Å². The molecule has 0 bridgehead atoms. The van der Waals surface area contributed by atoms with Crippen molar-refractivity contribution in [2.75, 3.05) is 18.2 Å². The maximum absolute atomic E-state index is 12.3. The number of nitrogens with zero attached hydrogens (tertiary/aromatic N) is 2. The van der Waals surface area contributed by atoms with Crippen LogP contribution in [0.1, 0.15) is 21.7 Å². The van der Waals surface area contributed by atoms with E-state index in [1.54, 1.807) is 42.1 Å². The lowest BCUT2D eigenvalue weighted by Crippen LogP contribution is -2.12. The average molecular weight is 336 g/mol. The minimum atomic E-state index is -0.207. The number of rotatable bonds is 4. The van der Waals surface area contributed by atoms with Crippen molar-refractivity contribution in [3.8, 4) is 11.4 Å². The Labute approximate surface area is 146 Å². The van der Waals surface area contributed by atoms with Gasteiger partial charge in [0.15, 0.2) is 0 Å². The highest BCUT2D eigenvalue weighted by atomic mass is 16.5. The van der Waals surface area contributed by atoms with Crippen LogP contribution in [0.15, 0.2) is 48.5 Å². The second-order valence-corrected chi connectivity index (χ2v) is 5.80. The van der Waals surface area contributed by atoms with Gasteiger partial charge in [-0.25, -0.2) is 4.68 Å². The molecule has 6 heteroatoms. The zero-order valence-corrected chi connectivity index (χ0v) is 14.4. The number of nitrogen functional groups attached to an aromatic ring is 1. The van der Waals surface area contributed by atoms with Gasteiger partial charge in [0.1, 0.15) is 5.75 Å². The highest BCUT2D eigenvalue weighted by Crippen LogP contribution is 2.23. The number of anilines is 2. The van der Waals surface area contributed by atoms with E-state index in [1.165, 1.54) is 0 Å². The number of carbonyl (C=O) groups is 1. The molecule has 0 fully saturated rings. The predicted molar refractivity (Wildman–Crippen MR) is 98.4 cm³/mol. The molecule has 0 aliphatic carbocycles. The van der Waals surface area contributed by atoms with Gasteiger partial charge >= 0.3 is 0 Å². The first-order chi connectivity index (χ1) is 12.0. The van der Waals surface area contributed by atoms with Crippen molar-refractivity contribution in [1.29, 1.82) is 0 Å². The Morgan fingerprint density at radius 2 is 1.84 bits per heavy atom. The van der Waals surface area contributed by atoms with Crippen molar-refractivity contribution >= 4 is 17.3 Å². The second-order valence-electron chi connectivity index (χ2n) is 5.80. The number of ether oxygens (including phenoxy) is 1. The van der Waals surface area contributed by atoms with Gasteiger partial charge in [0, 0.05) is 16.9 Å². The molecule has 0 spiro atoms. The Morgan fingerprint density at radius 1 is 1.12 bits per heavy atom. The Hall–Kier alpha value is -3.28. The van der Waals surface area contributed by atoms with E-state index in [2.05, 4.69) is 10.4 Å². The third-order valence-corrected chi connectivity index (χ3v) is 3.88. The molecule has 0 radical (unpaired) electrons. The molecule has 1 aromatic heterocycles. The Kier molecular flexibility index (Phi) is 4.43. The number of aromatic nitrogens is 2. The molecule has 2 aromatic carbocycles. The van der Waals surface area contributed by atoms with Gasteiger partial charge in [0.2, 0.25) is 0 Å². The quantitative estimate of drug-likeness (QED) is 0.716. The molecule has 3 N–H and O–H groups in total. The summed E-state index contributed by atoms with van der Waals surface area (Å²) in [6.45, 7) is 3.90. The topological polar surface area (TPSA) is 82.2 Å². The Morgan fingerprint density at radius 3 is 2.40 bits per heavy atom. The van der Waals surface area contributed by atoms with Crippen LogP contribution < -0.4 is 15.8 Å². The summed E-state index contributed by atoms with van der Waals surface area (Å²) in [5.74, 6) is 0.496. The predicted octanol–water partition coefficient (Wildman–Crippen LogP) is 3.33. The van der Waals surface area contributed by atoms with Gasteiger partial charge in [0.25, 0.3) is 5.91 Å². The Bertz CT molecular complexity index is 914. The van der Waals surface area contributed by atoms with Gasteiger partial charge in [-0.1, -0.05) is 0 Å². The molecule has 3 rings (SSSR count). The van der Waals surface area contributed by atoms with Crippen molar-refractivity contribution in [2.45, 2.75) is 13.8 Å². The van der Waals surface area contributed by atoms with Crippen LogP contribution in [0.5, 0.6) is 5.75 Å². The minimum absolute atomic E-state index is 0.207. The summed E-state index contributed by atoms with van der Waals surface area (Å²) in [5, 5.41) is 7.28. The van der Waals surface area contributed by atoms with Crippen LogP contribution in [-0.2, 0) is 0 Å². The van der Waals surface area contributed by atoms with Gasteiger partial charge in [-0.05, 0) is 62.4 Å². The fraction of sp³-hybridized carbons (Fsp3) is 0.158. The molecule has 0 saturated carbocycles. The summed E-state index contributed by atoms with van der Waals surface area (Å²) < 4.78 is 6.88. The van der Waals surface area contributed by atoms with Crippen LogP contribution in [0.4, 0.5) is 11.4 Å². The first kappa shape index (κ1) is 16.6. The fourth-order valence-corrected chi connectivity index (χ4v) is 2.64. The minimum Gasteiger partial charge on any atom is -0.497 e. The zero-order valence-electron chi connectivity index (χ0n) is 14.4. The number of hydrogen-bond acceptors (Lipinski definition) is 4. The fourth-order valence-electron chi connectivity index (χ4n) is 2.64. The van der Waals surface area contributed by atoms with E-state index >= 15 is 0 Å². The number of benzene rings is 2.